The maximum atomic E-state index is 5.24. The number of hydrogen-bond donors (Lipinski definition) is 0. The molecule has 0 spiro atoms. The van der Waals surface area contributed by atoms with Crippen molar-refractivity contribution in [3.05, 3.63) is 19.0 Å². The third-order valence-electron chi connectivity index (χ3n) is 21.1. The van der Waals surface area contributed by atoms with E-state index in [0.29, 0.717) is 0 Å². The first-order chi connectivity index (χ1) is 45.2. The van der Waals surface area contributed by atoms with Gasteiger partial charge in [0, 0.05) is 0 Å². The SMILES string of the molecule is CCCCCCCCCCCCCCCCCCCCCCCCCCCCCCCCCCCCCCCCc1nc2c(Br)sc(Br)c2nc1CCCCCCCCCCCCCCCCCCCCCCCCCCCCCCCCCCCCCCCC. The standard InChI is InChI=1S/C86H162Br2N2S/c1-3-5-7-9-11-13-15-17-19-21-23-25-27-29-31-33-35-37-39-41-43-45-47-49-51-53-55-57-59-61-63-65-67-69-71-73-75-77-79-81-82(90-84-83(89-81)85(87)91-86(84)88)80-78-76-74-72-70-68-66-64-62-60-58-56-54-52-50-48-46-44-42-40-38-36-34-32-30-28-26-24-22-20-18-16-14-12-10-8-6-4-2/h3-80H2,1-2H3. The Labute approximate surface area is 593 Å². The quantitative estimate of drug-likeness (QED) is 0.0617. The molecule has 0 unspecified atom stereocenters. The van der Waals surface area contributed by atoms with Crippen LogP contribution >= 0.6 is 43.2 Å². The van der Waals surface area contributed by atoms with E-state index in [9.17, 15) is 0 Å². The summed E-state index contributed by atoms with van der Waals surface area (Å²) in [5.41, 5.74) is 4.65. The van der Waals surface area contributed by atoms with Gasteiger partial charge in [0.25, 0.3) is 0 Å². The highest BCUT2D eigenvalue weighted by molar-refractivity contribution is 9.12. The third kappa shape index (κ3) is 59.8. The van der Waals surface area contributed by atoms with Crippen molar-refractivity contribution < 1.29 is 0 Å². The number of hydrogen-bond acceptors (Lipinski definition) is 3. The van der Waals surface area contributed by atoms with Crippen molar-refractivity contribution in [1.29, 1.82) is 0 Å². The van der Waals surface area contributed by atoms with Gasteiger partial charge in [0.1, 0.15) is 11.0 Å². The lowest BCUT2D eigenvalue weighted by Crippen LogP contribution is -2.03. The molecule has 0 aliphatic heterocycles. The van der Waals surface area contributed by atoms with Crippen LogP contribution in [0.3, 0.4) is 0 Å². The van der Waals surface area contributed by atoms with Gasteiger partial charge in [-0.2, -0.15) is 0 Å². The lowest BCUT2D eigenvalue weighted by molar-refractivity contribution is 0.509. The predicted octanol–water partition coefficient (Wildman–Crippen LogP) is 34.0. The lowest BCUT2D eigenvalue weighted by Gasteiger charge is -2.10. The molecule has 0 aromatic carbocycles. The van der Waals surface area contributed by atoms with Crippen molar-refractivity contribution in [3.63, 3.8) is 0 Å². The van der Waals surface area contributed by atoms with E-state index in [0.717, 1.165) is 31.4 Å². The number of aryl methyl sites for hydroxylation is 2. The molecule has 2 nitrogen and oxygen atoms in total. The van der Waals surface area contributed by atoms with Crippen LogP contribution in [-0.4, -0.2) is 9.97 Å². The molecular formula is C86H162Br2N2S. The number of aromatic nitrogens is 2. The molecule has 536 valence electrons. The maximum Gasteiger partial charge on any atom is 0.115 e. The average molecular weight is 1420 g/mol. The fourth-order valence-corrected chi connectivity index (χ4v) is 17.6. The topological polar surface area (TPSA) is 25.8 Å². The summed E-state index contributed by atoms with van der Waals surface area (Å²) in [6.45, 7) is 4.63. The molecule has 0 bridgehead atoms. The van der Waals surface area contributed by atoms with Crippen LogP contribution in [0.25, 0.3) is 11.0 Å². The maximum absolute atomic E-state index is 5.24. The predicted molar refractivity (Wildman–Crippen MR) is 422 cm³/mol. The number of thiophene rings is 1. The third-order valence-corrected chi connectivity index (χ3v) is 23.6. The Morgan fingerprint density at radius 1 is 0.176 bits per heavy atom. The van der Waals surface area contributed by atoms with Crippen LogP contribution in [0.1, 0.15) is 513 Å². The Morgan fingerprint density at radius 3 is 0.407 bits per heavy atom. The molecule has 0 saturated carbocycles. The molecule has 2 heterocycles. The van der Waals surface area contributed by atoms with E-state index in [1.54, 1.807) is 11.3 Å². The van der Waals surface area contributed by atoms with Gasteiger partial charge in [-0.1, -0.05) is 489 Å². The number of halogens is 2. The van der Waals surface area contributed by atoms with Gasteiger partial charge in [-0.3, -0.25) is 0 Å². The van der Waals surface area contributed by atoms with Crippen molar-refractivity contribution in [3.8, 4) is 0 Å². The normalized spacial score (nSPS) is 11.9. The van der Waals surface area contributed by atoms with Gasteiger partial charge < -0.3 is 0 Å². The fraction of sp³-hybridized carbons (Fsp3) is 0.930. The van der Waals surface area contributed by atoms with Crippen molar-refractivity contribution >= 4 is 54.2 Å². The number of fused-ring (bicyclic) bond motifs is 1. The zero-order chi connectivity index (χ0) is 64.7. The second kappa shape index (κ2) is 72.7. The summed E-state index contributed by atoms with van der Waals surface area (Å²) in [6.07, 6.45) is 113. The zero-order valence-electron chi connectivity index (χ0n) is 62.2. The van der Waals surface area contributed by atoms with Crippen LogP contribution in [0.15, 0.2) is 7.57 Å². The van der Waals surface area contributed by atoms with E-state index in [4.69, 9.17) is 9.97 Å². The summed E-state index contributed by atoms with van der Waals surface area (Å²) in [6, 6.07) is 0. The number of unbranched alkanes of at least 4 members (excludes halogenated alkanes) is 74. The molecule has 2 rings (SSSR count). The Kier molecular flexibility index (Phi) is 69.6. The molecule has 0 saturated heterocycles. The van der Waals surface area contributed by atoms with Crippen molar-refractivity contribution in [2.75, 3.05) is 0 Å². The highest BCUT2D eigenvalue weighted by Crippen LogP contribution is 2.38. The Bertz CT molecular complexity index is 1590. The largest absolute Gasteiger partial charge is 0.247 e. The molecular weight excluding hydrogens is 1250 g/mol. The molecule has 2 aromatic heterocycles. The molecule has 0 atom stereocenters. The van der Waals surface area contributed by atoms with Gasteiger partial charge in [0.2, 0.25) is 0 Å². The Balaban J connectivity index is 1.28. The first-order valence-electron chi connectivity index (χ1n) is 42.8. The van der Waals surface area contributed by atoms with Crippen molar-refractivity contribution in [2.24, 2.45) is 0 Å². The van der Waals surface area contributed by atoms with Gasteiger partial charge in [0.15, 0.2) is 0 Å². The summed E-state index contributed by atoms with van der Waals surface area (Å²) in [5.74, 6) is 0. The van der Waals surface area contributed by atoms with Crippen LogP contribution in [0.4, 0.5) is 0 Å². The summed E-state index contributed by atoms with van der Waals surface area (Å²) in [7, 11) is 0. The highest BCUT2D eigenvalue weighted by atomic mass is 79.9. The van der Waals surface area contributed by atoms with Crippen LogP contribution in [0, 0.1) is 0 Å². The Morgan fingerprint density at radius 2 is 0.286 bits per heavy atom. The van der Waals surface area contributed by atoms with E-state index in [1.165, 1.54) is 499 Å². The molecule has 0 N–H and O–H groups in total. The van der Waals surface area contributed by atoms with Crippen LogP contribution in [0.5, 0.6) is 0 Å². The minimum Gasteiger partial charge on any atom is -0.247 e. The van der Waals surface area contributed by atoms with Crippen LogP contribution in [0.2, 0.25) is 0 Å². The average Bonchev–Trinajstić information content (AvgIpc) is 3.19. The monoisotopic (exact) mass is 1410 g/mol. The highest BCUT2D eigenvalue weighted by Gasteiger charge is 2.16. The Hall–Kier alpha value is -0.000000000000000167. The second-order valence-corrected chi connectivity index (χ2v) is 33.8. The smallest absolute Gasteiger partial charge is 0.115 e. The summed E-state index contributed by atoms with van der Waals surface area (Å²) < 4.78 is 2.23. The van der Waals surface area contributed by atoms with Crippen molar-refractivity contribution in [2.45, 2.75) is 515 Å². The summed E-state index contributed by atoms with van der Waals surface area (Å²) >= 11 is 9.30. The molecule has 2 aromatic rings. The van der Waals surface area contributed by atoms with E-state index in [-0.39, 0.29) is 0 Å². The molecule has 0 radical (unpaired) electrons. The van der Waals surface area contributed by atoms with E-state index < -0.39 is 0 Å². The van der Waals surface area contributed by atoms with Gasteiger partial charge in [-0.15, -0.1) is 11.3 Å². The number of rotatable bonds is 78. The molecule has 91 heavy (non-hydrogen) atoms. The molecule has 0 amide bonds. The summed E-state index contributed by atoms with van der Waals surface area (Å²) in [5, 5.41) is 0. The van der Waals surface area contributed by atoms with Gasteiger partial charge in [-0.25, -0.2) is 9.97 Å². The minimum atomic E-state index is 1.05. The fourth-order valence-electron chi connectivity index (χ4n) is 14.8. The van der Waals surface area contributed by atoms with E-state index >= 15 is 0 Å². The molecule has 5 heteroatoms. The second-order valence-electron chi connectivity index (χ2n) is 30.1. The molecule has 0 aliphatic carbocycles. The van der Waals surface area contributed by atoms with E-state index in [2.05, 4.69) is 45.7 Å². The lowest BCUT2D eigenvalue weighted by atomic mass is 10.0. The minimum absolute atomic E-state index is 1.05. The molecule has 0 aliphatic rings. The number of nitrogens with zero attached hydrogens (tertiary/aromatic N) is 2. The van der Waals surface area contributed by atoms with Gasteiger partial charge in [-0.05, 0) is 57.5 Å². The first kappa shape index (κ1) is 87.1. The molecule has 0 fully saturated rings. The first-order valence-corrected chi connectivity index (χ1v) is 45.2. The van der Waals surface area contributed by atoms with Crippen LogP contribution in [-0.2, 0) is 12.8 Å². The zero-order valence-corrected chi connectivity index (χ0v) is 66.2. The van der Waals surface area contributed by atoms with Gasteiger partial charge in [0.05, 0.1) is 19.0 Å². The van der Waals surface area contributed by atoms with Crippen LogP contribution < -0.4 is 0 Å². The van der Waals surface area contributed by atoms with Crippen molar-refractivity contribution in [1.82, 2.24) is 9.97 Å². The van der Waals surface area contributed by atoms with Gasteiger partial charge >= 0.3 is 0 Å². The summed E-state index contributed by atoms with van der Waals surface area (Å²) in [4.78, 5) is 10.5. The van der Waals surface area contributed by atoms with E-state index in [1.807, 2.05) is 0 Å².